The highest BCUT2D eigenvalue weighted by molar-refractivity contribution is 5.68. The maximum atomic E-state index is 12.7. The van der Waals surface area contributed by atoms with Crippen LogP contribution in [-0.2, 0) is 6.18 Å². The Morgan fingerprint density at radius 2 is 2.05 bits per heavy atom. The summed E-state index contributed by atoms with van der Waals surface area (Å²) in [5.41, 5.74) is 5.44. The van der Waals surface area contributed by atoms with Crippen molar-refractivity contribution in [2.24, 2.45) is 5.73 Å². The van der Waals surface area contributed by atoms with Crippen LogP contribution >= 0.6 is 0 Å². The van der Waals surface area contributed by atoms with E-state index >= 15 is 0 Å². The summed E-state index contributed by atoms with van der Waals surface area (Å²) in [4.78, 5) is 4.14. The van der Waals surface area contributed by atoms with Crippen LogP contribution in [0.4, 0.5) is 19.0 Å². The van der Waals surface area contributed by atoms with Crippen molar-refractivity contribution >= 4 is 11.3 Å². The number of hydrogen-bond donors (Lipinski definition) is 2. The SMILES string of the molecule is NC1CCCCC1Nc1nccn2nc(C(F)(F)F)cc12. The highest BCUT2D eigenvalue weighted by Gasteiger charge is 2.34. The summed E-state index contributed by atoms with van der Waals surface area (Å²) in [6.07, 6.45) is 2.30. The van der Waals surface area contributed by atoms with Crippen LogP contribution in [0.2, 0.25) is 0 Å². The minimum Gasteiger partial charge on any atom is -0.364 e. The van der Waals surface area contributed by atoms with Gasteiger partial charge in [0.25, 0.3) is 0 Å². The van der Waals surface area contributed by atoms with Crippen molar-refractivity contribution in [1.29, 1.82) is 0 Å². The molecule has 0 amide bonds. The van der Waals surface area contributed by atoms with E-state index in [2.05, 4.69) is 15.4 Å². The van der Waals surface area contributed by atoms with Gasteiger partial charge in [-0.15, -0.1) is 0 Å². The average Bonchev–Trinajstić information content (AvgIpc) is 2.86. The maximum absolute atomic E-state index is 12.7. The number of hydrogen-bond acceptors (Lipinski definition) is 4. The van der Waals surface area contributed by atoms with Gasteiger partial charge in [-0.2, -0.15) is 18.3 Å². The Balaban J connectivity index is 1.93. The van der Waals surface area contributed by atoms with Crippen LogP contribution < -0.4 is 11.1 Å². The van der Waals surface area contributed by atoms with Crippen LogP contribution in [0.5, 0.6) is 0 Å². The first-order valence-corrected chi connectivity index (χ1v) is 6.89. The molecule has 1 aliphatic carbocycles. The Morgan fingerprint density at radius 3 is 2.76 bits per heavy atom. The van der Waals surface area contributed by atoms with Crippen molar-refractivity contribution in [3.63, 3.8) is 0 Å². The average molecular weight is 299 g/mol. The minimum atomic E-state index is -4.47. The molecule has 1 fully saturated rings. The van der Waals surface area contributed by atoms with Crippen LogP contribution in [-0.4, -0.2) is 26.7 Å². The molecule has 21 heavy (non-hydrogen) atoms. The molecule has 0 spiro atoms. The molecule has 0 bridgehead atoms. The number of anilines is 1. The molecule has 2 unspecified atom stereocenters. The number of nitrogens with zero attached hydrogens (tertiary/aromatic N) is 3. The van der Waals surface area contributed by atoms with Crippen molar-refractivity contribution in [2.45, 2.75) is 43.9 Å². The summed E-state index contributed by atoms with van der Waals surface area (Å²) in [6.45, 7) is 0. The fourth-order valence-corrected chi connectivity index (χ4v) is 2.69. The third-order valence-corrected chi connectivity index (χ3v) is 3.82. The number of fused-ring (bicyclic) bond motifs is 1. The number of nitrogens with one attached hydrogen (secondary N) is 1. The second-order valence-electron chi connectivity index (χ2n) is 5.33. The van der Waals surface area contributed by atoms with Gasteiger partial charge < -0.3 is 11.1 Å². The lowest BCUT2D eigenvalue weighted by atomic mass is 9.91. The second-order valence-corrected chi connectivity index (χ2v) is 5.33. The smallest absolute Gasteiger partial charge is 0.364 e. The summed E-state index contributed by atoms with van der Waals surface area (Å²) in [5, 5.41) is 6.71. The topological polar surface area (TPSA) is 68.2 Å². The van der Waals surface area contributed by atoms with Crippen molar-refractivity contribution in [1.82, 2.24) is 14.6 Å². The van der Waals surface area contributed by atoms with Gasteiger partial charge in [0.2, 0.25) is 0 Å². The fraction of sp³-hybridized carbons (Fsp3) is 0.538. The lowest BCUT2D eigenvalue weighted by Gasteiger charge is -2.29. The number of alkyl halides is 3. The molecule has 1 saturated carbocycles. The molecule has 2 atom stereocenters. The van der Waals surface area contributed by atoms with E-state index in [0.29, 0.717) is 11.3 Å². The van der Waals surface area contributed by atoms with E-state index < -0.39 is 11.9 Å². The predicted molar refractivity (Wildman–Crippen MR) is 71.8 cm³/mol. The van der Waals surface area contributed by atoms with Gasteiger partial charge in [-0.3, -0.25) is 0 Å². The van der Waals surface area contributed by atoms with Gasteiger partial charge in [0.15, 0.2) is 11.5 Å². The van der Waals surface area contributed by atoms with E-state index in [9.17, 15) is 13.2 Å². The normalized spacial score (nSPS) is 23.4. The molecule has 2 aromatic heterocycles. The molecule has 2 heterocycles. The Hall–Kier alpha value is -1.83. The summed E-state index contributed by atoms with van der Waals surface area (Å²) < 4.78 is 39.4. The zero-order valence-corrected chi connectivity index (χ0v) is 11.3. The minimum absolute atomic E-state index is 0.00851. The van der Waals surface area contributed by atoms with Gasteiger partial charge in [0.05, 0.1) is 0 Å². The number of halogens is 3. The predicted octanol–water partition coefficient (Wildman–Crippen LogP) is 2.43. The molecule has 0 aliphatic heterocycles. The Kier molecular flexibility index (Phi) is 3.48. The van der Waals surface area contributed by atoms with Crippen molar-refractivity contribution < 1.29 is 13.2 Å². The zero-order valence-electron chi connectivity index (χ0n) is 11.3. The lowest BCUT2D eigenvalue weighted by Crippen LogP contribution is -2.42. The highest BCUT2D eigenvalue weighted by atomic mass is 19.4. The third-order valence-electron chi connectivity index (χ3n) is 3.82. The monoisotopic (exact) mass is 299 g/mol. The zero-order chi connectivity index (χ0) is 15.0. The molecular weight excluding hydrogens is 283 g/mol. The van der Waals surface area contributed by atoms with Crippen LogP contribution in [0.3, 0.4) is 0 Å². The van der Waals surface area contributed by atoms with Gasteiger partial charge in [0.1, 0.15) is 5.52 Å². The quantitative estimate of drug-likeness (QED) is 0.893. The number of nitrogens with two attached hydrogens (primary N) is 1. The maximum Gasteiger partial charge on any atom is 0.435 e. The largest absolute Gasteiger partial charge is 0.435 e. The van der Waals surface area contributed by atoms with Crippen molar-refractivity contribution in [3.05, 3.63) is 24.2 Å². The van der Waals surface area contributed by atoms with E-state index in [-0.39, 0.29) is 12.1 Å². The molecule has 1 aliphatic rings. The van der Waals surface area contributed by atoms with E-state index in [0.717, 1.165) is 31.7 Å². The van der Waals surface area contributed by atoms with Crippen molar-refractivity contribution in [3.8, 4) is 0 Å². The van der Waals surface area contributed by atoms with Crippen LogP contribution in [0.25, 0.3) is 5.52 Å². The van der Waals surface area contributed by atoms with Crippen LogP contribution in [0.15, 0.2) is 18.5 Å². The number of aromatic nitrogens is 3. The summed E-state index contributed by atoms with van der Waals surface area (Å²) in [7, 11) is 0. The van der Waals surface area contributed by atoms with Gasteiger partial charge >= 0.3 is 6.18 Å². The summed E-state index contributed by atoms with van der Waals surface area (Å²) >= 11 is 0. The molecular formula is C13H16F3N5. The molecule has 2 aromatic rings. The van der Waals surface area contributed by atoms with Crippen LogP contribution in [0.1, 0.15) is 31.4 Å². The standard InChI is InChI=1S/C13H16F3N5/c14-13(15,16)11-7-10-12(18-5-6-21(10)20-11)19-9-4-2-1-3-8(9)17/h5-9H,1-4,17H2,(H,18,19). The van der Waals surface area contributed by atoms with Crippen molar-refractivity contribution in [2.75, 3.05) is 5.32 Å². The first kappa shape index (κ1) is 14.1. The van der Waals surface area contributed by atoms with Gasteiger partial charge in [-0.1, -0.05) is 12.8 Å². The Bertz CT molecular complexity index is 636. The van der Waals surface area contributed by atoms with E-state index in [1.807, 2.05) is 0 Å². The van der Waals surface area contributed by atoms with Gasteiger partial charge in [-0.05, 0) is 12.8 Å². The Morgan fingerprint density at radius 1 is 1.29 bits per heavy atom. The summed E-state index contributed by atoms with van der Waals surface area (Å²) in [5.74, 6) is 0.392. The molecule has 3 N–H and O–H groups in total. The van der Waals surface area contributed by atoms with E-state index in [4.69, 9.17) is 5.73 Å². The molecule has 0 radical (unpaired) electrons. The molecule has 8 heteroatoms. The first-order chi connectivity index (χ1) is 9.95. The van der Waals surface area contributed by atoms with Gasteiger partial charge in [0, 0.05) is 30.5 Å². The second kappa shape index (κ2) is 5.18. The Labute approximate surface area is 119 Å². The molecule has 5 nitrogen and oxygen atoms in total. The molecule has 0 saturated heterocycles. The third kappa shape index (κ3) is 2.80. The van der Waals surface area contributed by atoms with Crippen LogP contribution in [0, 0.1) is 0 Å². The fourth-order valence-electron chi connectivity index (χ4n) is 2.69. The molecule has 0 aromatic carbocycles. The molecule has 114 valence electrons. The number of rotatable bonds is 2. The highest BCUT2D eigenvalue weighted by Crippen LogP contribution is 2.30. The van der Waals surface area contributed by atoms with E-state index in [1.165, 1.54) is 16.9 Å². The summed E-state index contributed by atoms with van der Waals surface area (Å²) in [6, 6.07) is 1.02. The lowest BCUT2D eigenvalue weighted by molar-refractivity contribution is -0.141. The van der Waals surface area contributed by atoms with Gasteiger partial charge in [-0.25, -0.2) is 9.50 Å². The van der Waals surface area contributed by atoms with E-state index in [1.54, 1.807) is 0 Å². The molecule has 3 rings (SSSR count). The first-order valence-electron chi connectivity index (χ1n) is 6.89.